The fraction of sp³-hybridized carbons (Fsp3) is 0.556. The molecule has 7 nitrogen and oxygen atoms in total. The number of amides is 1. The molecule has 158 valence electrons. The minimum absolute atomic E-state index is 0.0723. The predicted molar refractivity (Wildman–Crippen MR) is 93.4 cm³/mol. The number of nitrogens with one attached hydrogen (secondary N) is 1. The molecule has 0 radical (unpaired) electrons. The molecule has 1 aromatic carbocycles. The summed E-state index contributed by atoms with van der Waals surface area (Å²) < 4.78 is 52.5. The minimum Gasteiger partial charge on any atom is -0.491 e. The summed E-state index contributed by atoms with van der Waals surface area (Å²) in [5.74, 6) is -1.92. The van der Waals surface area contributed by atoms with Crippen LogP contribution in [0.4, 0.5) is 18.0 Å². The molecule has 0 spiro atoms. The van der Waals surface area contributed by atoms with Crippen molar-refractivity contribution in [3.63, 3.8) is 0 Å². The molecule has 2 N–H and O–H groups in total. The number of carbonyl (C=O) groups is 2. The highest BCUT2D eigenvalue weighted by atomic mass is 19.4. The van der Waals surface area contributed by atoms with Crippen LogP contribution in [0.5, 0.6) is 11.5 Å². The van der Waals surface area contributed by atoms with Crippen LogP contribution >= 0.6 is 0 Å². The number of carboxylic acids is 1. The van der Waals surface area contributed by atoms with Gasteiger partial charge in [0, 0.05) is 12.5 Å². The normalized spacial score (nSPS) is 13.0. The van der Waals surface area contributed by atoms with Crippen LogP contribution < -0.4 is 14.8 Å². The summed E-state index contributed by atoms with van der Waals surface area (Å²) in [6.07, 6.45) is -6.73. The Morgan fingerprint density at radius 1 is 1.18 bits per heavy atom. The molecule has 28 heavy (non-hydrogen) atoms. The van der Waals surface area contributed by atoms with Crippen molar-refractivity contribution >= 4 is 12.1 Å². The molecule has 1 rings (SSSR count). The number of hydrogen-bond donors (Lipinski definition) is 2. The third-order valence-electron chi connectivity index (χ3n) is 3.05. The van der Waals surface area contributed by atoms with Crippen LogP contribution in [0.3, 0.4) is 0 Å². The molecule has 1 amide bonds. The van der Waals surface area contributed by atoms with E-state index in [2.05, 4.69) is 10.1 Å². The Balaban J connectivity index is 3.10. The number of carbonyl (C=O) groups excluding carboxylic acids is 1. The fourth-order valence-corrected chi connectivity index (χ4v) is 2.14. The summed E-state index contributed by atoms with van der Waals surface area (Å²) >= 11 is 0. The van der Waals surface area contributed by atoms with E-state index in [9.17, 15) is 27.9 Å². The minimum atomic E-state index is -4.98. The van der Waals surface area contributed by atoms with E-state index in [-0.39, 0.29) is 17.4 Å². The number of alkyl halides is 3. The zero-order chi connectivity index (χ0) is 21.7. The van der Waals surface area contributed by atoms with Crippen molar-refractivity contribution in [2.75, 3.05) is 0 Å². The maximum Gasteiger partial charge on any atom is 0.573 e. The Morgan fingerprint density at radius 3 is 2.25 bits per heavy atom. The molecule has 0 heterocycles. The molecule has 0 aromatic heterocycles. The van der Waals surface area contributed by atoms with Gasteiger partial charge < -0.3 is 24.6 Å². The number of carboxylic acid groups (broad SMARTS) is 1. The highest BCUT2D eigenvalue weighted by Crippen LogP contribution is 2.31. The van der Waals surface area contributed by atoms with Crippen LogP contribution in [0.2, 0.25) is 0 Å². The van der Waals surface area contributed by atoms with Crippen molar-refractivity contribution in [3.8, 4) is 11.5 Å². The van der Waals surface area contributed by atoms with Gasteiger partial charge in [0.2, 0.25) is 0 Å². The van der Waals surface area contributed by atoms with Crippen molar-refractivity contribution in [3.05, 3.63) is 23.8 Å². The van der Waals surface area contributed by atoms with E-state index in [0.717, 1.165) is 6.07 Å². The van der Waals surface area contributed by atoms with Crippen LogP contribution in [0.15, 0.2) is 18.2 Å². The number of alkyl carbamates (subject to hydrolysis) is 1. The van der Waals surface area contributed by atoms with Crippen molar-refractivity contribution in [1.82, 2.24) is 5.32 Å². The lowest BCUT2D eigenvalue weighted by Gasteiger charge is -2.23. The average Bonchev–Trinajstić information content (AvgIpc) is 2.44. The first kappa shape index (κ1) is 23.4. The van der Waals surface area contributed by atoms with Crippen LogP contribution in [0, 0.1) is 0 Å². The van der Waals surface area contributed by atoms with Gasteiger partial charge in [-0.1, -0.05) is 6.07 Å². The van der Waals surface area contributed by atoms with Gasteiger partial charge in [-0.2, -0.15) is 0 Å². The summed E-state index contributed by atoms with van der Waals surface area (Å²) in [5.41, 5.74) is -0.940. The summed E-state index contributed by atoms with van der Waals surface area (Å²) in [4.78, 5) is 23.3. The smallest absolute Gasteiger partial charge is 0.491 e. The predicted octanol–water partition coefficient (Wildman–Crippen LogP) is 3.89. The molecule has 0 fully saturated rings. The summed E-state index contributed by atoms with van der Waals surface area (Å²) in [6.45, 7) is 8.16. The molecule has 1 aromatic rings. The number of aliphatic carboxylic acids is 1. The average molecular weight is 407 g/mol. The first-order valence-electron chi connectivity index (χ1n) is 8.44. The number of hydrogen-bond acceptors (Lipinski definition) is 5. The van der Waals surface area contributed by atoms with Gasteiger partial charge in [-0.05, 0) is 46.2 Å². The quantitative estimate of drug-likeness (QED) is 0.712. The first-order valence-corrected chi connectivity index (χ1v) is 8.44. The first-order chi connectivity index (χ1) is 12.7. The zero-order valence-electron chi connectivity index (χ0n) is 16.2. The molecule has 1 unspecified atom stereocenters. The van der Waals surface area contributed by atoms with Gasteiger partial charge in [-0.15, -0.1) is 13.2 Å². The molecule has 0 aliphatic heterocycles. The van der Waals surface area contributed by atoms with E-state index >= 15 is 0 Å². The Bertz CT molecular complexity index is 698. The Morgan fingerprint density at radius 2 is 1.79 bits per heavy atom. The summed E-state index contributed by atoms with van der Waals surface area (Å²) in [6, 6.07) is 2.15. The van der Waals surface area contributed by atoms with Gasteiger partial charge in [0.1, 0.15) is 23.1 Å². The van der Waals surface area contributed by atoms with E-state index < -0.39 is 42.2 Å². The lowest BCUT2D eigenvalue weighted by molar-refractivity contribution is -0.274. The molecular weight excluding hydrogens is 383 g/mol. The van der Waals surface area contributed by atoms with Crippen LogP contribution in [0.1, 0.15) is 40.2 Å². The van der Waals surface area contributed by atoms with Crippen LogP contribution in [-0.4, -0.2) is 41.3 Å². The topological polar surface area (TPSA) is 94.1 Å². The van der Waals surface area contributed by atoms with Gasteiger partial charge in [-0.25, -0.2) is 9.59 Å². The largest absolute Gasteiger partial charge is 0.573 e. The van der Waals surface area contributed by atoms with Gasteiger partial charge in [0.15, 0.2) is 0 Å². The van der Waals surface area contributed by atoms with E-state index in [4.69, 9.17) is 9.47 Å². The van der Waals surface area contributed by atoms with Crippen molar-refractivity contribution < 1.29 is 42.1 Å². The van der Waals surface area contributed by atoms with E-state index in [0.29, 0.717) is 0 Å². The molecule has 1 atom stereocenters. The molecule has 0 aliphatic carbocycles. The standard InChI is InChI=1S/C18H24F3NO6/c1-10(2)26-12-7-6-11(14(9-12)27-18(19,20)21)8-13(15(23)24)22-16(25)28-17(3,4)5/h6-7,9-10,13H,8H2,1-5H3,(H,22,25)(H,23,24). The molecular formula is C18H24F3NO6. The Labute approximate surface area is 160 Å². The van der Waals surface area contributed by atoms with Crippen molar-refractivity contribution in [2.24, 2.45) is 0 Å². The second-order valence-corrected chi connectivity index (χ2v) is 7.23. The van der Waals surface area contributed by atoms with Crippen LogP contribution in [-0.2, 0) is 16.0 Å². The van der Waals surface area contributed by atoms with E-state index in [1.807, 2.05) is 0 Å². The summed E-state index contributed by atoms with van der Waals surface area (Å²) in [7, 11) is 0. The fourth-order valence-electron chi connectivity index (χ4n) is 2.14. The summed E-state index contributed by atoms with van der Waals surface area (Å²) in [5, 5.41) is 11.5. The zero-order valence-corrected chi connectivity index (χ0v) is 16.2. The second-order valence-electron chi connectivity index (χ2n) is 7.23. The third-order valence-corrected chi connectivity index (χ3v) is 3.05. The Kier molecular flexibility index (Phi) is 7.54. The number of benzene rings is 1. The monoisotopic (exact) mass is 407 g/mol. The van der Waals surface area contributed by atoms with Gasteiger partial charge in [-0.3, -0.25) is 0 Å². The van der Waals surface area contributed by atoms with Gasteiger partial charge in [0.05, 0.1) is 6.10 Å². The third kappa shape index (κ3) is 8.83. The lowest BCUT2D eigenvalue weighted by atomic mass is 10.0. The van der Waals surface area contributed by atoms with Crippen LogP contribution in [0.25, 0.3) is 0 Å². The number of rotatable bonds is 7. The highest BCUT2D eigenvalue weighted by molar-refractivity contribution is 5.80. The Hall–Kier alpha value is -2.65. The van der Waals surface area contributed by atoms with Crippen molar-refractivity contribution in [2.45, 2.75) is 65.1 Å². The SMILES string of the molecule is CC(C)Oc1ccc(CC(NC(=O)OC(C)(C)C)C(=O)O)c(OC(F)(F)F)c1. The number of halogens is 3. The maximum atomic E-state index is 12.7. The van der Waals surface area contributed by atoms with Gasteiger partial charge in [0.25, 0.3) is 0 Å². The van der Waals surface area contributed by atoms with E-state index in [1.54, 1.807) is 34.6 Å². The lowest BCUT2D eigenvalue weighted by Crippen LogP contribution is -2.44. The molecule has 0 bridgehead atoms. The molecule has 10 heteroatoms. The van der Waals surface area contributed by atoms with Crippen molar-refractivity contribution in [1.29, 1.82) is 0 Å². The van der Waals surface area contributed by atoms with E-state index in [1.165, 1.54) is 12.1 Å². The number of ether oxygens (including phenoxy) is 3. The molecule has 0 saturated carbocycles. The molecule has 0 saturated heterocycles. The van der Waals surface area contributed by atoms with Gasteiger partial charge >= 0.3 is 18.4 Å². The molecule has 0 aliphatic rings. The highest BCUT2D eigenvalue weighted by Gasteiger charge is 2.33. The second kappa shape index (κ2) is 9.03. The maximum absolute atomic E-state index is 12.7.